The van der Waals surface area contributed by atoms with Crippen molar-refractivity contribution in [1.29, 1.82) is 0 Å². The van der Waals surface area contributed by atoms with Crippen LogP contribution in [0.1, 0.15) is 31.7 Å². The summed E-state index contributed by atoms with van der Waals surface area (Å²) in [6.07, 6.45) is -3.74. The summed E-state index contributed by atoms with van der Waals surface area (Å²) < 4.78 is 81.0. The first kappa shape index (κ1) is 26.8. The summed E-state index contributed by atoms with van der Waals surface area (Å²) in [7, 11) is 0. The van der Waals surface area contributed by atoms with E-state index in [2.05, 4.69) is 10.3 Å². The molecule has 1 amide bonds. The maximum atomic E-state index is 13.9. The molecule has 1 aromatic rings. The Morgan fingerprint density at radius 3 is 2.57 bits per heavy atom. The molecular formula is C22H27F6N5O2. The highest BCUT2D eigenvalue weighted by Gasteiger charge is 2.49. The van der Waals surface area contributed by atoms with Gasteiger partial charge in [0.25, 0.3) is 5.91 Å². The molecule has 3 unspecified atom stereocenters. The van der Waals surface area contributed by atoms with Crippen molar-refractivity contribution in [2.75, 3.05) is 19.6 Å². The van der Waals surface area contributed by atoms with E-state index in [9.17, 15) is 36.2 Å². The van der Waals surface area contributed by atoms with E-state index >= 15 is 0 Å². The first-order valence-corrected chi connectivity index (χ1v) is 11.2. The number of aliphatic hydroxyl groups is 1. The highest BCUT2D eigenvalue weighted by molar-refractivity contribution is 5.98. The van der Waals surface area contributed by atoms with Gasteiger partial charge in [-0.25, -0.2) is 18.2 Å². The lowest BCUT2D eigenvalue weighted by Crippen LogP contribution is -2.49. The molecule has 3 rings (SSSR count). The van der Waals surface area contributed by atoms with E-state index in [4.69, 9.17) is 5.73 Å². The number of aliphatic hydroxyl groups excluding tert-OH is 1. The van der Waals surface area contributed by atoms with Crippen molar-refractivity contribution in [3.05, 3.63) is 47.0 Å². The van der Waals surface area contributed by atoms with Crippen LogP contribution in [0.3, 0.4) is 0 Å². The minimum Gasteiger partial charge on any atom is -0.374 e. The number of carbonyl (C=O) groups is 1. The average molecular weight is 507 g/mol. The number of nitrogens with zero attached hydrogens (tertiary/aromatic N) is 3. The highest BCUT2D eigenvalue weighted by Crippen LogP contribution is 2.33. The number of benzene rings is 1. The van der Waals surface area contributed by atoms with Crippen molar-refractivity contribution < 1.29 is 36.2 Å². The third kappa shape index (κ3) is 6.26. The molecule has 0 radical (unpaired) electrons. The number of fused-ring (bicyclic) bond motifs is 1. The molecule has 2 aliphatic heterocycles. The van der Waals surface area contributed by atoms with Gasteiger partial charge in [0.15, 0.2) is 17.7 Å². The number of aliphatic imine (C=N–C) groups is 1. The van der Waals surface area contributed by atoms with Crippen molar-refractivity contribution in [1.82, 2.24) is 15.1 Å². The minimum atomic E-state index is -4.77. The summed E-state index contributed by atoms with van der Waals surface area (Å²) in [4.78, 5) is 18.4. The van der Waals surface area contributed by atoms with Gasteiger partial charge in [0.1, 0.15) is 12.0 Å². The second-order valence-electron chi connectivity index (χ2n) is 8.48. The largest absolute Gasteiger partial charge is 0.449 e. The number of rotatable bonds is 9. The maximum absolute atomic E-state index is 13.9. The summed E-state index contributed by atoms with van der Waals surface area (Å²) in [6.45, 7) is 1.97. The quantitative estimate of drug-likeness (QED) is 0.271. The Labute approximate surface area is 198 Å². The van der Waals surface area contributed by atoms with Gasteiger partial charge in [-0.1, -0.05) is 13.3 Å². The normalized spacial score (nSPS) is 19.7. The van der Waals surface area contributed by atoms with Gasteiger partial charge in [-0.05, 0) is 24.5 Å². The molecule has 13 heteroatoms. The number of amidine groups is 1. The second kappa shape index (κ2) is 10.9. The zero-order chi connectivity index (χ0) is 25.9. The number of hydrogen-bond donors (Lipinski definition) is 3. The molecule has 2 heterocycles. The zero-order valence-corrected chi connectivity index (χ0v) is 19.0. The van der Waals surface area contributed by atoms with Crippen LogP contribution in [0.2, 0.25) is 0 Å². The maximum Gasteiger partial charge on any atom is 0.449 e. The Bertz CT molecular complexity index is 999. The van der Waals surface area contributed by atoms with E-state index in [0.717, 1.165) is 11.3 Å². The van der Waals surface area contributed by atoms with Crippen molar-refractivity contribution in [3.8, 4) is 0 Å². The Morgan fingerprint density at radius 1 is 1.23 bits per heavy atom. The SMILES string of the molecule is CCCCNC(=O)C1N=C(C(F)(F)F)N2CCN(C(O)CC(N)Cc3cc(F)c(F)cc3F)C=C12. The fourth-order valence-electron chi connectivity index (χ4n) is 3.98. The minimum absolute atomic E-state index is 0.0307. The Balaban J connectivity index is 1.73. The lowest BCUT2D eigenvalue weighted by Gasteiger charge is -2.37. The van der Waals surface area contributed by atoms with Crippen LogP contribution in [-0.2, 0) is 11.2 Å². The van der Waals surface area contributed by atoms with Crippen LogP contribution in [0.5, 0.6) is 0 Å². The molecule has 194 valence electrons. The van der Waals surface area contributed by atoms with E-state index in [-0.39, 0.29) is 43.7 Å². The molecule has 4 N–H and O–H groups in total. The topological polar surface area (TPSA) is 94.2 Å². The van der Waals surface area contributed by atoms with Crippen LogP contribution >= 0.6 is 0 Å². The molecule has 0 aliphatic carbocycles. The van der Waals surface area contributed by atoms with E-state index in [1.807, 2.05) is 6.92 Å². The fourth-order valence-corrected chi connectivity index (χ4v) is 3.98. The Kier molecular flexibility index (Phi) is 8.31. The number of unbranched alkanes of at least 4 members (excludes halogenated alkanes) is 1. The molecule has 35 heavy (non-hydrogen) atoms. The monoisotopic (exact) mass is 507 g/mol. The number of alkyl halides is 3. The summed E-state index contributed by atoms with van der Waals surface area (Å²) in [6, 6.07) is -1.21. The number of amides is 1. The van der Waals surface area contributed by atoms with Crippen LogP contribution in [-0.4, -0.2) is 70.8 Å². The molecule has 0 spiro atoms. The van der Waals surface area contributed by atoms with Gasteiger partial charge >= 0.3 is 6.18 Å². The summed E-state index contributed by atoms with van der Waals surface area (Å²) in [5.41, 5.74) is 5.76. The van der Waals surface area contributed by atoms with E-state index in [1.54, 1.807) is 0 Å². The summed E-state index contributed by atoms with van der Waals surface area (Å²) in [5.74, 6) is -5.42. The van der Waals surface area contributed by atoms with E-state index < -0.39 is 53.7 Å². The number of nitrogens with one attached hydrogen (secondary N) is 1. The predicted octanol–water partition coefficient (Wildman–Crippen LogP) is 2.40. The van der Waals surface area contributed by atoms with Crippen molar-refractivity contribution >= 4 is 11.7 Å². The van der Waals surface area contributed by atoms with Gasteiger partial charge in [0.05, 0.1) is 5.70 Å². The van der Waals surface area contributed by atoms with E-state index in [1.165, 1.54) is 11.1 Å². The molecule has 3 atom stereocenters. The first-order chi connectivity index (χ1) is 16.4. The standard InChI is InChI=1S/C22H27F6N5O2/c1-2-3-4-30-20(35)19-17-11-32(5-6-33(17)21(31-19)22(26,27)28)18(34)9-13(29)7-12-8-15(24)16(25)10-14(12)23/h8,10-11,13,18-19,34H,2-7,9,29H2,1H3,(H,30,35). The van der Waals surface area contributed by atoms with Crippen LogP contribution in [0.15, 0.2) is 29.0 Å². The van der Waals surface area contributed by atoms with Crippen LogP contribution in [0, 0.1) is 17.5 Å². The highest BCUT2D eigenvalue weighted by atomic mass is 19.4. The lowest BCUT2D eigenvalue weighted by molar-refractivity contribution is -0.121. The van der Waals surface area contributed by atoms with Gasteiger partial charge in [-0.2, -0.15) is 13.2 Å². The smallest absolute Gasteiger partial charge is 0.374 e. The third-order valence-corrected chi connectivity index (χ3v) is 5.78. The van der Waals surface area contributed by atoms with Gasteiger partial charge in [0, 0.05) is 44.4 Å². The molecule has 0 aromatic heterocycles. The van der Waals surface area contributed by atoms with Crippen LogP contribution < -0.4 is 11.1 Å². The number of carbonyl (C=O) groups excluding carboxylic acids is 1. The van der Waals surface area contributed by atoms with Crippen LogP contribution in [0.25, 0.3) is 0 Å². The molecule has 0 bridgehead atoms. The summed E-state index contributed by atoms with van der Waals surface area (Å²) >= 11 is 0. The second-order valence-corrected chi connectivity index (χ2v) is 8.48. The lowest BCUT2D eigenvalue weighted by atomic mass is 10.0. The Hall–Kier alpha value is -2.80. The molecule has 0 fully saturated rings. The van der Waals surface area contributed by atoms with Gasteiger partial charge in [0.2, 0.25) is 5.84 Å². The molecular weight excluding hydrogens is 480 g/mol. The predicted molar refractivity (Wildman–Crippen MR) is 115 cm³/mol. The number of nitrogens with two attached hydrogens (primary N) is 1. The summed E-state index contributed by atoms with van der Waals surface area (Å²) in [5, 5.41) is 13.2. The van der Waals surface area contributed by atoms with Crippen LogP contribution in [0.4, 0.5) is 26.3 Å². The van der Waals surface area contributed by atoms with Crippen molar-refractivity contribution in [3.63, 3.8) is 0 Å². The Morgan fingerprint density at radius 2 is 1.91 bits per heavy atom. The van der Waals surface area contributed by atoms with Crippen molar-refractivity contribution in [2.45, 2.75) is 57.1 Å². The molecule has 0 saturated heterocycles. The van der Waals surface area contributed by atoms with Crippen molar-refractivity contribution in [2.24, 2.45) is 10.7 Å². The molecule has 1 aromatic carbocycles. The van der Waals surface area contributed by atoms with Gasteiger partial charge in [-0.15, -0.1) is 0 Å². The van der Waals surface area contributed by atoms with Gasteiger partial charge < -0.3 is 26.0 Å². The zero-order valence-electron chi connectivity index (χ0n) is 19.0. The van der Waals surface area contributed by atoms with E-state index in [0.29, 0.717) is 18.6 Å². The fraction of sp³-hybridized carbons (Fsp3) is 0.545. The average Bonchev–Trinajstić information content (AvgIpc) is 3.17. The number of hydrogen-bond acceptors (Lipinski definition) is 6. The first-order valence-electron chi connectivity index (χ1n) is 11.2. The molecule has 0 saturated carbocycles. The molecule has 7 nitrogen and oxygen atoms in total. The third-order valence-electron chi connectivity index (χ3n) is 5.78. The molecule has 2 aliphatic rings. The number of halogens is 6. The van der Waals surface area contributed by atoms with Gasteiger partial charge in [-0.3, -0.25) is 4.79 Å².